The number of aromatic nitrogens is 2. The molecule has 3 aliphatic rings. The number of rotatable bonds is 6. The molecule has 0 unspecified atom stereocenters. The third-order valence-corrected chi connectivity index (χ3v) is 7.68. The van der Waals surface area contributed by atoms with Crippen LogP contribution in [0.2, 0.25) is 0 Å². The van der Waals surface area contributed by atoms with Crippen molar-refractivity contribution < 1.29 is 14.3 Å². The first-order chi connectivity index (χ1) is 19.6. The summed E-state index contributed by atoms with van der Waals surface area (Å²) >= 11 is 0. The van der Waals surface area contributed by atoms with Gasteiger partial charge in [0.05, 0.1) is 30.8 Å². The molecule has 1 amide bonds. The van der Waals surface area contributed by atoms with Crippen LogP contribution in [0.5, 0.6) is 11.5 Å². The molecule has 2 aromatic heterocycles. The summed E-state index contributed by atoms with van der Waals surface area (Å²) in [5.74, 6) is 1.72. The minimum Gasteiger partial charge on any atom is -0.456 e. The molecule has 0 aliphatic carbocycles. The van der Waals surface area contributed by atoms with E-state index < -0.39 is 0 Å². The van der Waals surface area contributed by atoms with Crippen molar-refractivity contribution in [3.8, 4) is 22.8 Å². The Kier molecular flexibility index (Phi) is 6.20. The monoisotopic (exact) mass is 535 g/mol. The Hall–Kier alpha value is -4.63. The molecule has 9 heteroatoms. The summed E-state index contributed by atoms with van der Waals surface area (Å²) < 4.78 is 11.9. The lowest BCUT2D eigenvalue weighted by atomic mass is 9.96. The Morgan fingerprint density at radius 1 is 0.925 bits per heavy atom. The summed E-state index contributed by atoms with van der Waals surface area (Å²) in [6.07, 6.45) is 4.87. The van der Waals surface area contributed by atoms with Gasteiger partial charge in [0.15, 0.2) is 0 Å². The number of pyridine rings is 2. The van der Waals surface area contributed by atoms with Crippen molar-refractivity contribution in [2.24, 2.45) is 0 Å². The smallest absolute Gasteiger partial charge is 0.250 e. The summed E-state index contributed by atoms with van der Waals surface area (Å²) in [5, 5.41) is 3.48. The summed E-state index contributed by atoms with van der Waals surface area (Å²) in [6, 6.07) is 17.8. The maximum Gasteiger partial charge on any atom is 0.250 e. The number of para-hydroxylation sites is 1. The largest absolute Gasteiger partial charge is 0.456 e. The van der Waals surface area contributed by atoms with Gasteiger partial charge in [0.1, 0.15) is 11.5 Å². The Morgan fingerprint density at radius 2 is 1.82 bits per heavy atom. The van der Waals surface area contributed by atoms with Crippen LogP contribution in [-0.2, 0) is 22.5 Å². The average Bonchev–Trinajstić information content (AvgIpc) is 2.98. The van der Waals surface area contributed by atoms with Crippen molar-refractivity contribution >= 4 is 23.0 Å². The van der Waals surface area contributed by atoms with Crippen molar-refractivity contribution in [2.75, 3.05) is 48.0 Å². The topological polar surface area (TPSA) is 99.8 Å². The van der Waals surface area contributed by atoms with Crippen LogP contribution >= 0.6 is 0 Å². The molecule has 9 nitrogen and oxygen atoms in total. The lowest BCUT2D eigenvalue weighted by Crippen LogP contribution is -2.43. The van der Waals surface area contributed by atoms with Crippen LogP contribution in [0, 0.1) is 0 Å². The van der Waals surface area contributed by atoms with Crippen LogP contribution in [0.15, 0.2) is 71.8 Å². The van der Waals surface area contributed by atoms with Gasteiger partial charge in [0.25, 0.3) is 0 Å². The normalized spacial score (nSPS) is 16.1. The van der Waals surface area contributed by atoms with Gasteiger partial charge in [-0.2, -0.15) is 0 Å². The number of morpholine rings is 1. The quantitative estimate of drug-likeness (QED) is 0.313. The number of aromatic amines is 1. The van der Waals surface area contributed by atoms with E-state index in [4.69, 9.17) is 9.47 Å². The molecule has 7 rings (SSSR count). The molecule has 2 fully saturated rings. The summed E-state index contributed by atoms with van der Waals surface area (Å²) in [5.41, 5.74) is 7.35. The van der Waals surface area contributed by atoms with E-state index in [9.17, 15) is 9.59 Å². The average molecular weight is 536 g/mol. The number of hydrogen-bond donors (Lipinski definition) is 2. The van der Waals surface area contributed by atoms with E-state index in [0.717, 1.165) is 82.6 Å². The predicted molar refractivity (Wildman–Crippen MR) is 153 cm³/mol. The van der Waals surface area contributed by atoms with E-state index in [-0.39, 0.29) is 11.5 Å². The van der Waals surface area contributed by atoms with Crippen LogP contribution in [-0.4, -0.2) is 48.7 Å². The molecule has 2 saturated heterocycles. The van der Waals surface area contributed by atoms with Gasteiger partial charge in [-0.1, -0.05) is 12.1 Å². The van der Waals surface area contributed by atoms with E-state index in [2.05, 4.69) is 32.3 Å². The number of anilines is 3. The molecular weight excluding hydrogens is 506 g/mol. The minimum atomic E-state index is -0.138. The third-order valence-electron chi connectivity index (χ3n) is 7.68. The molecule has 0 saturated carbocycles. The van der Waals surface area contributed by atoms with Crippen LogP contribution in [0.4, 0.5) is 17.1 Å². The van der Waals surface area contributed by atoms with Gasteiger partial charge in [0.2, 0.25) is 11.5 Å². The van der Waals surface area contributed by atoms with E-state index in [1.165, 1.54) is 0 Å². The molecule has 0 bridgehead atoms. The van der Waals surface area contributed by atoms with Gasteiger partial charge >= 0.3 is 0 Å². The molecular formula is C31H29N5O4. The van der Waals surface area contributed by atoms with Crippen LogP contribution in [0.25, 0.3) is 11.3 Å². The number of carbonyl (C=O) groups is 1. The maximum atomic E-state index is 12.6. The molecule has 0 atom stereocenters. The molecule has 5 heterocycles. The fourth-order valence-corrected chi connectivity index (χ4v) is 5.49. The number of H-pyrrole nitrogens is 1. The molecule has 40 heavy (non-hydrogen) atoms. The van der Waals surface area contributed by atoms with E-state index >= 15 is 0 Å². The first-order valence-corrected chi connectivity index (χ1v) is 13.6. The highest BCUT2D eigenvalue weighted by atomic mass is 16.5. The second-order valence-electron chi connectivity index (χ2n) is 10.3. The van der Waals surface area contributed by atoms with Gasteiger partial charge in [-0.25, -0.2) is 0 Å². The SMILES string of the molecule is O=C1CCN1c1cncc(CNc2ccc3c(c2)Cc2cccc(-c4cc(N5CCOCC5)cc(=O)[nH]4)c2O3)c1. The number of amides is 1. The zero-order chi connectivity index (χ0) is 27.1. The summed E-state index contributed by atoms with van der Waals surface area (Å²) in [6.45, 7) is 4.17. The number of nitrogens with zero attached hydrogens (tertiary/aromatic N) is 3. The number of fused-ring (bicyclic) bond motifs is 2. The Bertz CT molecular complexity index is 1660. The fourth-order valence-electron chi connectivity index (χ4n) is 5.49. The molecule has 202 valence electrons. The van der Waals surface area contributed by atoms with Gasteiger partial charge in [-0.15, -0.1) is 0 Å². The lowest BCUT2D eigenvalue weighted by molar-refractivity contribution is -0.122. The van der Waals surface area contributed by atoms with Crippen LogP contribution in [0.1, 0.15) is 23.1 Å². The molecule has 0 spiro atoms. The number of benzene rings is 2. The first-order valence-electron chi connectivity index (χ1n) is 13.6. The zero-order valence-electron chi connectivity index (χ0n) is 22.0. The summed E-state index contributed by atoms with van der Waals surface area (Å²) in [7, 11) is 0. The predicted octanol–water partition coefficient (Wildman–Crippen LogP) is 4.32. The van der Waals surface area contributed by atoms with E-state index in [1.807, 2.05) is 42.6 Å². The van der Waals surface area contributed by atoms with Crippen molar-refractivity contribution in [3.63, 3.8) is 0 Å². The number of hydrogen-bond acceptors (Lipinski definition) is 7. The Labute approximate surface area is 231 Å². The standard InChI is InChI=1S/C31H29N5O4/c37-29-16-24(35-8-10-39-11-9-35)15-27(34-29)26-3-1-2-21-13-22-14-23(4-5-28(22)40-31(21)26)33-18-20-12-25(19-32-17-20)36-7-6-30(36)38/h1-5,12,14-17,19,33H,6-11,13,18H2,(H,34,37). The molecule has 0 radical (unpaired) electrons. The first kappa shape index (κ1) is 24.4. The van der Waals surface area contributed by atoms with Gasteiger partial charge in [-0.05, 0) is 47.5 Å². The van der Waals surface area contributed by atoms with Crippen molar-refractivity contribution in [1.82, 2.24) is 9.97 Å². The number of carbonyl (C=O) groups excluding carboxylic acids is 1. The molecule has 2 N–H and O–H groups in total. The minimum absolute atomic E-state index is 0.138. The zero-order valence-corrected chi connectivity index (χ0v) is 22.0. The summed E-state index contributed by atoms with van der Waals surface area (Å²) in [4.78, 5) is 35.7. The van der Waals surface area contributed by atoms with Gasteiger partial charge in [-0.3, -0.25) is 14.6 Å². The molecule has 3 aliphatic heterocycles. The van der Waals surface area contributed by atoms with Crippen molar-refractivity contribution in [2.45, 2.75) is 19.4 Å². The van der Waals surface area contributed by atoms with Gasteiger partial charge in [0, 0.05) is 73.8 Å². The molecule has 2 aromatic carbocycles. The highest BCUT2D eigenvalue weighted by Gasteiger charge is 2.26. The Morgan fingerprint density at radius 3 is 2.65 bits per heavy atom. The Balaban J connectivity index is 1.10. The third kappa shape index (κ3) is 4.69. The van der Waals surface area contributed by atoms with Crippen LogP contribution in [0.3, 0.4) is 0 Å². The van der Waals surface area contributed by atoms with Gasteiger partial charge < -0.3 is 29.6 Å². The second-order valence-corrected chi connectivity index (χ2v) is 10.3. The van der Waals surface area contributed by atoms with E-state index in [1.54, 1.807) is 17.2 Å². The highest BCUT2D eigenvalue weighted by Crippen LogP contribution is 2.43. The second kappa shape index (κ2) is 10.2. The number of ether oxygens (including phenoxy) is 2. The van der Waals surface area contributed by atoms with Crippen LogP contribution < -0.4 is 25.4 Å². The lowest BCUT2D eigenvalue weighted by Gasteiger charge is -2.30. The van der Waals surface area contributed by atoms with Crippen molar-refractivity contribution in [1.29, 1.82) is 0 Å². The highest BCUT2D eigenvalue weighted by molar-refractivity contribution is 5.99. The van der Waals surface area contributed by atoms with Crippen molar-refractivity contribution in [3.05, 3.63) is 94.0 Å². The number of nitrogens with one attached hydrogen (secondary N) is 2. The molecule has 4 aromatic rings. The number of β-lactam (4-membered cyclic amide) rings is 1. The van der Waals surface area contributed by atoms with E-state index in [0.29, 0.717) is 26.2 Å². The fraction of sp³-hybridized carbons (Fsp3) is 0.258. The maximum absolute atomic E-state index is 12.6.